The fraction of sp³-hybridized carbons (Fsp3) is 0.500. The third kappa shape index (κ3) is 2.74. The summed E-state index contributed by atoms with van der Waals surface area (Å²) < 4.78 is 5.41. The molecule has 0 saturated carbocycles. The van der Waals surface area contributed by atoms with E-state index in [2.05, 4.69) is 48.8 Å². The second-order valence-corrected chi connectivity index (χ2v) is 5.32. The van der Waals surface area contributed by atoms with Crippen molar-refractivity contribution in [2.75, 3.05) is 7.11 Å². The molecular weight excluding hydrogens is 240 g/mol. The van der Waals surface area contributed by atoms with Crippen LogP contribution in [0.3, 0.4) is 0 Å². The Morgan fingerprint density at radius 2 is 2.00 bits per heavy atom. The number of hydrogen-bond donors (Lipinski definition) is 0. The molecule has 0 radical (unpaired) electrons. The van der Waals surface area contributed by atoms with Crippen LogP contribution in [0.25, 0.3) is 0 Å². The predicted molar refractivity (Wildman–Crippen MR) is 64.6 cm³/mol. The van der Waals surface area contributed by atoms with Crippen molar-refractivity contribution in [2.24, 2.45) is 0 Å². The zero-order chi connectivity index (χ0) is 10.7. The molecule has 1 rings (SSSR count). The highest BCUT2D eigenvalue weighted by atomic mass is 79.9. The van der Waals surface area contributed by atoms with Crippen LogP contribution in [0.2, 0.25) is 0 Å². The van der Waals surface area contributed by atoms with Gasteiger partial charge in [-0.3, -0.25) is 0 Å². The molecular formula is C12H17BrO. The van der Waals surface area contributed by atoms with Crippen molar-refractivity contribution < 1.29 is 4.74 Å². The highest BCUT2D eigenvalue weighted by Gasteiger charge is 2.09. The summed E-state index contributed by atoms with van der Waals surface area (Å²) in [6.45, 7) is 6.36. The lowest BCUT2D eigenvalue weighted by Crippen LogP contribution is -2.01. The molecule has 0 heterocycles. The van der Waals surface area contributed by atoms with Gasteiger partial charge in [0, 0.05) is 4.83 Å². The van der Waals surface area contributed by atoms with E-state index < -0.39 is 0 Å². The summed E-state index contributed by atoms with van der Waals surface area (Å²) in [5.41, 5.74) is 3.80. The van der Waals surface area contributed by atoms with Crippen molar-refractivity contribution in [3.05, 3.63) is 28.8 Å². The smallest absolute Gasteiger partial charge is 0.125 e. The molecule has 14 heavy (non-hydrogen) atoms. The zero-order valence-electron chi connectivity index (χ0n) is 9.23. The number of halogens is 1. The van der Waals surface area contributed by atoms with Crippen molar-refractivity contribution >= 4 is 15.9 Å². The quantitative estimate of drug-likeness (QED) is 0.751. The van der Waals surface area contributed by atoms with Crippen LogP contribution in [0.5, 0.6) is 5.75 Å². The zero-order valence-corrected chi connectivity index (χ0v) is 10.8. The molecule has 1 nitrogen and oxygen atoms in total. The SMILES string of the molecule is COc1c(C)cc(C)cc1CC(C)Br. The molecule has 0 bridgehead atoms. The first-order valence-electron chi connectivity index (χ1n) is 4.82. The van der Waals surface area contributed by atoms with E-state index in [1.807, 2.05) is 0 Å². The van der Waals surface area contributed by atoms with E-state index in [9.17, 15) is 0 Å². The largest absolute Gasteiger partial charge is 0.496 e. The van der Waals surface area contributed by atoms with Crippen LogP contribution in [0.4, 0.5) is 0 Å². The maximum Gasteiger partial charge on any atom is 0.125 e. The molecule has 0 fully saturated rings. The number of methoxy groups -OCH3 is 1. The minimum Gasteiger partial charge on any atom is -0.496 e. The van der Waals surface area contributed by atoms with Crippen LogP contribution in [0.1, 0.15) is 23.6 Å². The van der Waals surface area contributed by atoms with Gasteiger partial charge < -0.3 is 4.74 Å². The van der Waals surface area contributed by atoms with Crippen LogP contribution in [-0.2, 0) is 6.42 Å². The first-order valence-corrected chi connectivity index (χ1v) is 5.74. The maximum absolute atomic E-state index is 5.41. The molecule has 0 aliphatic heterocycles. The number of hydrogen-bond acceptors (Lipinski definition) is 1. The van der Waals surface area contributed by atoms with E-state index >= 15 is 0 Å². The lowest BCUT2D eigenvalue weighted by Gasteiger charge is -2.13. The summed E-state index contributed by atoms with van der Waals surface area (Å²) in [4.78, 5) is 0.484. The topological polar surface area (TPSA) is 9.23 Å². The van der Waals surface area contributed by atoms with Gasteiger partial charge in [-0.05, 0) is 31.4 Å². The summed E-state index contributed by atoms with van der Waals surface area (Å²) in [6, 6.07) is 4.35. The van der Waals surface area contributed by atoms with Crippen molar-refractivity contribution in [1.29, 1.82) is 0 Å². The Morgan fingerprint density at radius 3 is 2.50 bits per heavy atom. The third-order valence-electron chi connectivity index (χ3n) is 2.20. The number of ether oxygens (including phenoxy) is 1. The third-order valence-corrected chi connectivity index (χ3v) is 2.52. The van der Waals surface area contributed by atoms with Crippen LogP contribution in [-0.4, -0.2) is 11.9 Å². The Morgan fingerprint density at radius 1 is 1.36 bits per heavy atom. The first kappa shape index (κ1) is 11.6. The summed E-state index contributed by atoms with van der Waals surface area (Å²) in [5, 5.41) is 0. The predicted octanol–water partition coefficient (Wildman–Crippen LogP) is 3.64. The molecule has 0 aliphatic carbocycles. The fourth-order valence-electron chi connectivity index (χ4n) is 1.79. The van der Waals surface area contributed by atoms with E-state index in [4.69, 9.17) is 4.74 Å². The molecule has 1 atom stereocenters. The normalized spacial score (nSPS) is 12.6. The molecule has 78 valence electrons. The van der Waals surface area contributed by atoms with Crippen molar-refractivity contribution in [3.63, 3.8) is 0 Å². The second-order valence-electron chi connectivity index (χ2n) is 3.76. The summed E-state index contributed by atoms with van der Waals surface area (Å²) in [6.07, 6.45) is 1.01. The Kier molecular flexibility index (Phi) is 3.99. The molecule has 0 spiro atoms. The van der Waals surface area contributed by atoms with Gasteiger partial charge in [-0.2, -0.15) is 0 Å². The van der Waals surface area contributed by atoms with E-state index in [0.29, 0.717) is 4.83 Å². The Labute approximate surface area is 94.6 Å². The average Bonchev–Trinajstić information content (AvgIpc) is 2.01. The summed E-state index contributed by atoms with van der Waals surface area (Å²) in [7, 11) is 1.74. The molecule has 0 N–H and O–H groups in total. The van der Waals surface area contributed by atoms with E-state index in [1.54, 1.807) is 7.11 Å². The van der Waals surface area contributed by atoms with Crippen LogP contribution >= 0.6 is 15.9 Å². The minimum atomic E-state index is 0.484. The van der Waals surface area contributed by atoms with Gasteiger partial charge in [-0.15, -0.1) is 0 Å². The average molecular weight is 257 g/mol. The van der Waals surface area contributed by atoms with Crippen molar-refractivity contribution in [1.82, 2.24) is 0 Å². The van der Waals surface area contributed by atoms with Gasteiger partial charge in [0.1, 0.15) is 5.75 Å². The Bertz CT molecular complexity index is 318. The van der Waals surface area contributed by atoms with Gasteiger partial charge in [-0.1, -0.05) is 40.5 Å². The van der Waals surface area contributed by atoms with Gasteiger partial charge >= 0.3 is 0 Å². The first-order chi connectivity index (χ1) is 6.54. The fourth-order valence-corrected chi connectivity index (χ4v) is 2.14. The minimum absolute atomic E-state index is 0.484. The number of aryl methyl sites for hydroxylation is 2. The standard InChI is InChI=1S/C12H17BrO/c1-8-5-9(2)12(14-4)11(6-8)7-10(3)13/h5-6,10H,7H2,1-4H3. The second kappa shape index (κ2) is 4.83. The highest BCUT2D eigenvalue weighted by molar-refractivity contribution is 9.09. The monoisotopic (exact) mass is 256 g/mol. The molecule has 0 amide bonds. The van der Waals surface area contributed by atoms with Gasteiger partial charge in [0.05, 0.1) is 7.11 Å². The lowest BCUT2D eigenvalue weighted by molar-refractivity contribution is 0.406. The van der Waals surface area contributed by atoms with Crippen LogP contribution < -0.4 is 4.74 Å². The molecule has 0 aliphatic rings. The maximum atomic E-state index is 5.41. The molecule has 0 aromatic heterocycles. The van der Waals surface area contributed by atoms with Crippen LogP contribution in [0.15, 0.2) is 12.1 Å². The summed E-state index contributed by atoms with van der Waals surface area (Å²) >= 11 is 3.57. The number of benzene rings is 1. The molecule has 2 heteroatoms. The number of alkyl halides is 1. The summed E-state index contributed by atoms with van der Waals surface area (Å²) in [5.74, 6) is 1.03. The van der Waals surface area contributed by atoms with E-state index in [0.717, 1.165) is 12.2 Å². The Balaban J connectivity index is 3.11. The number of rotatable bonds is 3. The molecule has 0 saturated heterocycles. The lowest BCUT2D eigenvalue weighted by atomic mass is 10.0. The molecule has 1 unspecified atom stereocenters. The van der Waals surface area contributed by atoms with Crippen molar-refractivity contribution in [2.45, 2.75) is 32.0 Å². The van der Waals surface area contributed by atoms with Crippen LogP contribution in [0, 0.1) is 13.8 Å². The molecule has 1 aromatic rings. The van der Waals surface area contributed by atoms with E-state index in [1.165, 1.54) is 16.7 Å². The van der Waals surface area contributed by atoms with Gasteiger partial charge in [-0.25, -0.2) is 0 Å². The molecule has 1 aromatic carbocycles. The Hall–Kier alpha value is -0.500. The van der Waals surface area contributed by atoms with Gasteiger partial charge in [0.2, 0.25) is 0 Å². The highest BCUT2D eigenvalue weighted by Crippen LogP contribution is 2.27. The van der Waals surface area contributed by atoms with Gasteiger partial charge in [0.15, 0.2) is 0 Å². The van der Waals surface area contributed by atoms with Gasteiger partial charge in [0.25, 0.3) is 0 Å². The van der Waals surface area contributed by atoms with E-state index in [-0.39, 0.29) is 0 Å². The van der Waals surface area contributed by atoms with Crippen molar-refractivity contribution in [3.8, 4) is 5.75 Å².